The third kappa shape index (κ3) is 13.2. The summed E-state index contributed by atoms with van der Waals surface area (Å²) in [5.41, 5.74) is 6.47. The minimum absolute atomic E-state index is 0.0460. The molecule has 42 heavy (non-hydrogen) atoms. The first-order valence-electron chi connectivity index (χ1n) is 14.3. The number of amides is 6. The van der Waals surface area contributed by atoms with Crippen molar-refractivity contribution in [2.75, 3.05) is 18.4 Å². The van der Waals surface area contributed by atoms with Crippen molar-refractivity contribution >= 4 is 35.5 Å². The van der Waals surface area contributed by atoms with E-state index in [1.54, 1.807) is 38.1 Å². The topological polar surface area (TPSA) is 181 Å². The molecular weight excluding hydrogens is 540 g/mol. The van der Waals surface area contributed by atoms with E-state index in [9.17, 15) is 24.0 Å². The van der Waals surface area contributed by atoms with Gasteiger partial charge in [0.05, 0.1) is 0 Å². The molecule has 2 atom stereocenters. The summed E-state index contributed by atoms with van der Waals surface area (Å²) in [6.07, 6.45) is 0.908. The van der Waals surface area contributed by atoms with Gasteiger partial charge in [-0.25, -0.2) is 9.59 Å². The van der Waals surface area contributed by atoms with Crippen molar-refractivity contribution < 1.29 is 28.7 Å². The zero-order valence-electron chi connectivity index (χ0n) is 26.3. The van der Waals surface area contributed by atoms with Gasteiger partial charge >= 0.3 is 12.1 Å². The Morgan fingerprint density at radius 1 is 0.881 bits per heavy atom. The first kappa shape index (κ1) is 36.2. The van der Waals surface area contributed by atoms with Crippen LogP contribution in [0.2, 0.25) is 0 Å². The third-order valence-corrected chi connectivity index (χ3v) is 7.55. The third-order valence-electron chi connectivity index (χ3n) is 7.55. The summed E-state index contributed by atoms with van der Waals surface area (Å²) in [5, 5.41) is 13.4. The Kier molecular flexibility index (Phi) is 14.3. The van der Waals surface area contributed by atoms with Gasteiger partial charge in [-0.1, -0.05) is 60.6 Å². The monoisotopic (exact) mass is 590 g/mol. The number of primary amides is 1. The molecule has 1 rings (SSSR count). The van der Waals surface area contributed by atoms with E-state index in [1.807, 2.05) is 0 Å². The van der Waals surface area contributed by atoms with E-state index in [1.165, 1.54) is 6.92 Å². The standard InChI is InChI=1S/C30H50N6O6/c1-19(2)24(34-20(3)37)26(39)36-23(10-9-16-32-27(31)40)25(38)35-22-13-11-21(12-14-22)18-42-28(41)33-17-15-30(7,8)29(4,5)6/h11-14,19,23-24H,9-10,15-18H2,1-8H3,(H,33,41)(H,34,37)(H,35,38)(H,36,39)(H3,31,32,40)/t23-,24-/m1/s1. The zero-order chi connectivity index (χ0) is 32.1. The van der Waals surface area contributed by atoms with E-state index in [4.69, 9.17) is 10.5 Å². The molecule has 236 valence electrons. The number of carbonyl (C=O) groups is 5. The summed E-state index contributed by atoms with van der Waals surface area (Å²) in [5.74, 6) is -1.52. The number of anilines is 1. The highest BCUT2D eigenvalue weighted by atomic mass is 16.5. The Hall–Kier alpha value is -3.83. The molecule has 0 bridgehead atoms. The van der Waals surface area contributed by atoms with Crippen LogP contribution in [0.3, 0.4) is 0 Å². The molecule has 0 aliphatic carbocycles. The fraction of sp³-hybridized carbons (Fsp3) is 0.633. The van der Waals surface area contributed by atoms with E-state index < -0.39 is 36.0 Å². The average Bonchev–Trinajstić information content (AvgIpc) is 2.87. The van der Waals surface area contributed by atoms with Crippen LogP contribution in [0.15, 0.2) is 24.3 Å². The van der Waals surface area contributed by atoms with Crippen LogP contribution in [-0.2, 0) is 25.7 Å². The Balaban J connectivity index is 2.75. The van der Waals surface area contributed by atoms with Crippen molar-refractivity contribution in [1.82, 2.24) is 21.3 Å². The van der Waals surface area contributed by atoms with Gasteiger partial charge in [0.1, 0.15) is 18.7 Å². The van der Waals surface area contributed by atoms with E-state index >= 15 is 0 Å². The molecule has 0 aliphatic heterocycles. The Bertz CT molecular complexity index is 1070. The van der Waals surface area contributed by atoms with Gasteiger partial charge in [-0.15, -0.1) is 0 Å². The van der Waals surface area contributed by atoms with Gasteiger partial charge in [-0.3, -0.25) is 14.4 Å². The second-order valence-electron chi connectivity index (χ2n) is 12.5. The molecular formula is C30H50N6O6. The number of hydrogen-bond acceptors (Lipinski definition) is 6. The maximum atomic E-state index is 13.1. The second kappa shape index (κ2) is 16.6. The molecule has 12 heteroatoms. The number of urea groups is 1. The number of benzene rings is 1. The maximum absolute atomic E-state index is 13.1. The number of ether oxygens (including phenoxy) is 1. The number of alkyl carbamates (subject to hydrolysis) is 1. The summed E-state index contributed by atoms with van der Waals surface area (Å²) in [4.78, 5) is 60.7. The van der Waals surface area contributed by atoms with Gasteiger partial charge < -0.3 is 37.1 Å². The highest BCUT2D eigenvalue weighted by molar-refractivity contribution is 5.98. The minimum atomic E-state index is -0.933. The van der Waals surface area contributed by atoms with Gasteiger partial charge in [0.25, 0.3) is 0 Å². The first-order valence-corrected chi connectivity index (χ1v) is 14.3. The normalized spacial score (nSPS) is 13.0. The molecule has 0 aromatic heterocycles. The van der Waals surface area contributed by atoms with Crippen molar-refractivity contribution in [2.45, 2.75) is 93.3 Å². The van der Waals surface area contributed by atoms with Crippen LogP contribution >= 0.6 is 0 Å². The molecule has 0 saturated carbocycles. The average molecular weight is 591 g/mol. The molecule has 0 radical (unpaired) electrons. The lowest BCUT2D eigenvalue weighted by Gasteiger charge is -2.39. The predicted octanol–water partition coefficient (Wildman–Crippen LogP) is 3.41. The van der Waals surface area contributed by atoms with Crippen LogP contribution in [-0.4, -0.2) is 55.0 Å². The predicted molar refractivity (Wildman–Crippen MR) is 162 cm³/mol. The smallest absolute Gasteiger partial charge is 0.407 e. The van der Waals surface area contributed by atoms with Crippen LogP contribution in [0.5, 0.6) is 0 Å². The maximum Gasteiger partial charge on any atom is 0.407 e. The number of rotatable bonds is 15. The fourth-order valence-electron chi connectivity index (χ4n) is 3.77. The highest BCUT2D eigenvalue weighted by Crippen LogP contribution is 2.40. The van der Waals surface area contributed by atoms with E-state index in [-0.39, 0.29) is 42.2 Å². The molecule has 0 spiro atoms. The van der Waals surface area contributed by atoms with Crippen LogP contribution in [0, 0.1) is 16.7 Å². The van der Waals surface area contributed by atoms with E-state index in [2.05, 4.69) is 61.2 Å². The van der Waals surface area contributed by atoms with Crippen molar-refractivity contribution in [3.05, 3.63) is 29.8 Å². The molecule has 0 saturated heterocycles. The molecule has 0 heterocycles. The summed E-state index contributed by atoms with van der Waals surface area (Å²) in [7, 11) is 0. The van der Waals surface area contributed by atoms with Crippen LogP contribution < -0.4 is 32.3 Å². The van der Waals surface area contributed by atoms with Gasteiger partial charge in [0.2, 0.25) is 17.7 Å². The Morgan fingerprint density at radius 3 is 2.02 bits per heavy atom. The Labute approximate surface area is 249 Å². The number of nitrogens with two attached hydrogens (primary N) is 1. The molecule has 1 aromatic rings. The van der Waals surface area contributed by atoms with E-state index in [0.717, 1.165) is 12.0 Å². The lowest BCUT2D eigenvalue weighted by atomic mass is 9.67. The highest BCUT2D eigenvalue weighted by Gasteiger charge is 2.32. The van der Waals surface area contributed by atoms with Crippen molar-refractivity contribution in [1.29, 1.82) is 0 Å². The molecule has 1 aromatic carbocycles. The minimum Gasteiger partial charge on any atom is -0.445 e. The zero-order valence-corrected chi connectivity index (χ0v) is 26.3. The number of carbonyl (C=O) groups excluding carboxylic acids is 5. The second-order valence-corrected chi connectivity index (χ2v) is 12.5. The van der Waals surface area contributed by atoms with Gasteiger partial charge in [0.15, 0.2) is 0 Å². The molecule has 0 fully saturated rings. The van der Waals surface area contributed by atoms with Gasteiger partial charge in [-0.05, 0) is 53.7 Å². The number of hydrogen-bond donors (Lipinski definition) is 6. The lowest BCUT2D eigenvalue weighted by Crippen LogP contribution is -2.54. The summed E-state index contributed by atoms with van der Waals surface area (Å²) < 4.78 is 5.32. The van der Waals surface area contributed by atoms with Gasteiger partial charge in [-0.2, -0.15) is 0 Å². The molecule has 0 aliphatic rings. The molecule has 6 amide bonds. The van der Waals surface area contributed by atoms with Crippen molar-refractivity contribution in [2.24, 2.45) is 22.5 Å². The fourth-order valence-corrected chi connectivity index (χ4v) is 3.77. The van der Waals surface area contributed by atoms with Crippen LogP contribution in [0.25, 0.3) is 0 Å². The summed E-state index contributed by atoms with van der Waals surface area (Å²) in [6, 6.07) is 4.35. The van der Waals surface area contributed by atoms with Gasteiger partial charge in [0, 0.05) is 25.7 Å². The molecule has 7 N–H and O–H groups in total. The molecule has 0 unspecified atom stereocenters. The van der Waals surface area contributed by atoms with Crippen LogP contribution in [0.1, 0.15) is 80.2 Å². The summed E-state index contributed by atoms with van der Waals surface area (Å²) in [6.45, 7) is 16.6. The number of nitrogens with one attached hydrogen (secondary N) is 5. The van der Waals surface area contributed by atoms with E-state index in [0.29, 0.717) is 18.7 Å². The SMILES string of the molecule is CC(=O)N[C@@H](C(=O)N[C@H](CCCNC(N)=O)C(=O)Nc1ccc(COC(=O)NCCC(C)(C)C(C)(C)C)cc1)C(C)C. The lowest BCUT2D eigenvalue weighted by molar-refractivity contribution is -0.131. The Morgan fingerprint density at radius 2 is 1.50 bits per heavy atom. The van der Waals surface area contributed by atoms with Crippen molar-refractivity contribution in [3.63, 3.8) is 0 Å². The molecule has 12 nitrogen and oxygen atoms in total. The largest absolute Gasteiger partial charge is 0.445 e. The van der Waals surface area contributed by atoms with Crippen LogP contribution in [0.4, 0.5) is 15.3 Å². The first-order chi connectivity index (χ1) is 19.4. The summed E-state index contributed by atoms with van der Waals surface area (Å²) >= 11 is 0. The van der Waals surface area contributed by atoms with Crippen molar-refractivity contribution in [3.8, 4) is 0 Å². The quantitative estimate of drug-likeness (QED) is 0.170.